The van der Waals surface area contributed by atoms with Crippen molar-refractivity contribution >= 4 is 39.0 Å². The molecule has 10 nitrogen and oxygen atoms in total. The van der Waals surface area contributed by atoms with Crippen molar-refractivity contribution in [1.29, 1.82) is 0 Å². The first-order valence-electron chi connectivity index (χ1n) is 12.6. The maximum absolute atomic E-state index is 14.3. The van der Waals surface area contributed by atoms with Gasteiger partial charge in [0, 0.05) is 50.9 Å². The van der Waals surface area contributed by atoms with E-state index in [0.29, 0.717) is 42.6 Å². The van der Waals surface area contributed by atoms with Gasteiger partial charge in [0.1, 0.15) is 11.5 Å². The number of hydrogen-bond donors (Lipinski definition) is 2. The van der Waals surface area contributed by atoms with Crippen LogP contribution < -0.4 is 10.6 Å². The van der Waals surface area contributed by atoms with Crippen molar-refractivity contribution in [3.8, 4) is 0 Å². The topological polar surface area (TPSA) is 113 Å². The van der Waals surface area contributed by atoms with Gasteiger partial charge < -0.3 is 15.4 Å². The Morgan fingerprint density at radius 1 is 1.08 bits per heavy atom. The van der Waals surface area contributed by atoms with E-state index in [2.05, 4.69) is 15.5 Å². The molecule has 0 aliphatic carbocycles. The summed E-state index contributed by atoms with van der Waals surface area (Å²) in [6, 6.07) is 12.3. The minimum absolute atomic E-state index is 0.139. The van der Waals surface area contributed by atoms with E-state index in [4.69, 9.17) is 4.74 Å². The molecular weight excluding hydrogens is 525 g/mol. The van der Waals surface area contributed by atoms with Crippen LogP contribution in [0.15, 0.2) is 60.4 Å². The van der Waals surface area contributed by atoms with Crippen molar-refractivity contribution in [2.24, 2.45) is 0 Å². The lowest BCUT2D eigenvalue weighted by molar-refractivity contribution is -0.117. The summed E-state index contributed by atoms with van der Waals surface area (Å²) in [4.78, 5) is 28.4. The molecule has 2 N–H and O–H groups in total. The summed E-state index contributed by atoms with van der Waals surface area (Å²) in [5.74, 6) is -2.10. The molecule has 0 saturated carbocycles. The highest BCUT2D eigenvalue weighted by Crippen LogP contribution is 2.25. The Morgan fingerprint density at radius 2 is 1.77 bits per heavy atom. The Hall–Kier alpha value is -3.58. The number of aromatic nitrogens is 1. The fourth-order valence-electron chi connectivity index (χ4n) is 4.23. The zero-order valence-corrected chi connectivity index (χ0v) is 22.7. The first-order chi connectivity index (χ1) is 18.7. The Morgan fingerprint density at radius 3 is 2.49 bits per heavy atom. The number of halogens is 1. The number of nitrogens with one attached hydrogen (secondary N) is 2. The molecule has 208 valence electrons. The molecule has 1 aromatic heterocycles. The van der Waals surface area contributed by atoms with Gasteiger partial charge in [-0.15, -0.1) is 0 Å². The standard InChI is InChI=1S/C27H32FN5O5S/c1-31(2)39(36,37)33-19-20(21-8-4-6-11-25(21)33)18-24(30-26(34)22-9-3-5-10-23(22)28)27(35)29-12-7-13-32-14-16-38-17-15-32/h3-6,8-11,18-19H,7,12-17H2,1-2H3,(H,29,35)(H,30,34)/b24-18-. The van der Waals surface area contributed by atoms with Crippen LogP contribution in [-0.4, -0.2) is 86.9 Å². The van der Waals surface area contributed by atoms with Crippen LogP contribution in [0.25, 0.3) is 17.0 Å². The normalized spacial score (nSPS) is 15.0. The van der Waals surface area contributed by atoms with Crippen LogP contribution >= 0.6 is 0 Å². The van der Waals surface area contributed by atoms with Crippen molar-refractivity contribution in [2.75, 3.05) is 53.5 Å². The predicted octanol–water partition coefficient (Wildman–Crippen LogP) is 2.04. The second kappa shape index (κ2) is 12.5. The summed E-state index contributed by atoms with van der Waals surface area (Å²) < 4.78 is 47.7. The monoisotopic (exact) mass is 557 g/mol. The Labute approximate surface area is 227 Å². The number of ether oxygens (including phenoxy) is 1. The van der Waals surface area contributed by atoms with E-state index in [1.807, 2.05) is 0 Å². The third-order valence-corrected chi connectivity index (χ3v) is 8.09. The third-order valence-electron chi connectivity index (χ3n) is 6.37. The molecule has 1 aliphatic heterocycles. The molecule has 0 bridgehead atoms. The molecule has 2 aromatic carbocycles. The van der Waals surface area contributed by atoms with Gasteiger partial charge in [0.2, 0.25) is 0 Å². The number of benzene rings is 2. The first-order valence-corrected chi connectivity index (χ1v) is 14.0. The molecule has 0 radical (unpaired) electrons. The zero-order chi connectivity index (χ0) is 28.0. The van der Waals surface area contributed by atoms with Crippen LogP contribution in [0.2, 0.25) is 0 Å². The van der Waals surface area contributed by atoms with Gasteiger partial charge in [-0.3, -0.25) is 14.5 Å². The van der Waals surface area contributed by atoms with Crippen molar-refractivity contribution in [3.05, 3.63) is 77.4 Å². The molecule has 4 rings (SSSR count). The average molecular weight is 558 g/mol. The van der Waals surface area contributed by atoms with E-state index >= 15 is 0 Å². The molecule has 1 saturated heterocycles. The van der Waals surface area contributed by atoms with Crippen LogP contribution in [0, 0.1) is 5.82 Å². The van der Waals surface area contributed by atoms with Crippen molar-refractivity contribution in [1.82, 2.24) is 23.8 Å². The number of rotatable bonds is 10. The summed E-state index contributed by atoms with van der Waals surface area (Å²) >= 11 is 0. The van der Waals surface area contributed by atoms with Gasteiger partial charge in [-0.1, -0.05) is 30.3 Å². The molecule has 2 amide bonds. The van der Waals surface area contributed by atoms with E-state index in [9.17, 15) is 22.4 Å². The Kier molecular flexibility index (Phi) is 9.12. The Balaban J connectivity index is 1.64. The number of nitrogens with zero attached hydrogens (tertiary/aromatic N) is 3. The van der Waals surface area contributed by atoms with Crippen LogP contribution in [-0.2, 0) is 19.7 Å². The molecule has 0 spiro atoms. The predicted molar refractivity (Wildman–Crippen MR) is 147 cm³/mol. The minimum Gasteiger partial charge on any atom is -0.379 e. The largest absolute Gasteiger partial charge is 0.379 e. The number of para-hydroxylation sites is 1. The number of amides is 2. The Bertz CT molecular complexity index is 1480. The summed E-state index contributed by atoms with van der Waals surface area (Å²) in [6.45, 7) is 4.15. The fraction of sp³-hybridized carbons (Fsp3) is 0.333. The highest BCUT2D eigenvalue weighted by atomic mass is 32.2. The molecule has 0 atom stereocenters. The highest BCUT2D eigenvalue weighted by Gasteiger charge is 2.22. The minimum atomic E-state index is -3.87. The molecule has 1 aliphatic rings. The van der Waals surface area contributed by atoms with Crippen LogP contribution in [0.4, 0.5) is 4.39 Å². The average Bonchev–Trinajstić information content (AvgIpc) is 3.30. The third kappa shape index (κ3) is 6.71. The molecular formula is C27H32FN5O5S. The zero-order valence-electron chi connectivity index (χ0n) is 21.9. The van der Waals surface area contributed by atoms with Crippen molar-refractivity contribution in [3.63, 3.8) is 0 Å². The lowest BCUT2D eigenvalue weighted by Crippen LogP contribution is -2.39. The molecule has 0 unspecified atom stereocenters. The van der Waals surface area contributed by atoms with Crippen molar-refractivity contribution < 1.29 is 27.1 Å². The highest BCUT2D eigenvalue weighted by molar-refractivity contribution is 7.87. The number of hydrogen-bond acceptors (Lipinski definition) is 6. The van der Waals surface area contributed by atoms with E-state index in [-0.39, 0.29) is 11.3 Å². The van der Waals surface area contributed by atoms with Gasteiger partial charge in [-0.25, -0.2) is 8.36 Å². The summed E-state index contributed by atoms with van der Waals surface area (Å²) in [5, 5.41) is 5.89. The fourth-order valence-corrected chi connectivity index (χ4v) is 5.24. The summed E-state index contributed by atoms with van der Waals surface area (Å²) in [7, 11) is -1.03. The van der Waals surface area contributed by atoms with Gasteiger partial charge >= 0.3 is 10.2 Å². The van der Waals surface area contributed by atoms with E-state index in [1.54, 1.807) is 24.3 Å². The lowest BCUT2D eigenvalue weighted by Gasteiger charge is -2.26. The maximum atomic E-state index is 14.3. The molecule has 3 aromatic rings. The SMILES string of the molecule is CN(C)S(=O)(=O)n1cc(/C=C(\NC(=O)c2ccccc2F)C(=O)NCCCN2CCOCC2)c2ccccc21. The molecule has 1 fully saturated rings. The van der Waals surface area contributed by atoms with Gasteiger partial charge in [-0.05, 0) is 37.2 Å². The number of carbonyl (C=O) groups is 2. The maximum Gasteiger partial charge on any atom is 0.307 e. The molecule has 39 heavy (non-hydrogen) atoms. The van der Waals surface area contributed by atoms with Gasteiger partial charge in [-0.2, -0.15) is 12.7 Å². The molecule has 12 heteroatoms. The summed E-state index contributed by atoms with van der Waals surface area (Å²) in [5.41, 5.74) is 0.437. The van der Waals surface area contributed by atoms with Gasteiger partial charge in [0.15, 0.2) is 0 Å². The van der Waals surface area contributed by atoms with E-state index in [0.717, 1.165) is 34.0 Å². The quantitative estimate of drug-likeness (QED) is 0.292. The van der Waals surface area contributed by atoms with E-state index in [1.165, 1.54) is 44.6 Å². The lowest BCUT2D eigenvalue weighted by atomic mass is 10.1. The van der Waals surface area contributed by atoms with Crippen LogP contribution in [0.3, 0.4) is 0 Å². The van der Waals surface area contributed by atoms with Crippen LogP contribution in [0.5, 0.6) is 0 Å². The second-order valence-corrected chi connectivity index (χ2v) is 11.3. The first kappa shape index (κ1) is 28.4. The number of fused-ring (bicyclic) bond motifs is 1. The number of morpholine rings is 1. The summed E-state index contributed by atoms with van der Waals surface area (Å²) in [6.07, 6.45) is 3.47. The van der Waals surface area contributed by atoms with Gasteiger partial charge in [0.25, 0.3) is 11.8 Å². The van der Waals surface area contributed by atoms with Crippen LogP contribution in [0.1, 0.15) is 22.3 Å². The number of carbonyl (C=O) groups excluding carboxylic acids is 2. The molecule has 2 heterocycles. The second-order valence-electron chi connectivity index (χ2n) is 9.24. The van der Waals surface area contributed by atoms with Crippen molar-refractivity contribution in [2.45, 2.75) is 6.42 Å². The smallest absolute Gasteiger partial charge is 0.307 e. The van der Waals surface area contributed by atoms with Gasteiger partial charge in [0.05, 0.1) is 24.3 Å². The van der Waals surface area contributed by atoms with E-state index < -0.39 is 27.8 Å².